The van der Waals surface area contributed by atoms with Crippen molar-refractivity contribution < 1.29 is 13.6 Å². The van der Waals surface area contributed by atoms with E-state index < -0.39 is 11.8 Å². The van der Waals surface area contributed by atoms with Crippen LogP contribution in [0.25, 0.3) is 0 Å². The minimum Gasteiger partial charge on any atom is -0.298 e. The molecule has 0 spiro atoms. The number of hydrogen-bond donors (Lipinski definition) is 0. The molecule has 1 aromatic rings. The van der Waals surface area contributed by atoms with E-state index in [4.69, 9.17) is 0 Å². The van der Waals surface area contributed by atoms with Crippen LogP contribution in [0.1, 0.15) is 41.1 Å². The number of benzene rings is 1. The average Bonchev–Trinajstić information content (AvgIpc) is 2.58. The maximum atomic E-state index is 13.4. The van der Waals surface area contributed by atoms with E-state index in [0.717, 1.165) is 0 Å². The highest BCUT2D eigenvalue weighted by atomic mass is 19.3. The Morgan fingerprint density at radius 3 is 2.80 bits per heavy atom. The first kappa shape index (κ1) is 10.3. The van der Waals surface area contributed by atoms with E-state index in [1.54, 1.807) is 24.3 Å². The van der Waals surface area contributed by atoms with Crippen LogP contribution in [0.15, 0.2) is 24.3 Å². The monoisotopic (exact) mass is 210 g/mol. The van der Waals surface area contributed by atoms with Crippen molar-refractivity contribution >= 4 is 6.29 Å². The molecule has 1 aromatic carbocycles. The summed E-state index contributed by atoms with van der Waals surface area (Å²) in [6.07, 6.45) is 1.72. The Hall–Kier alpha value is -1.25. The zero-order valence-electron chi connectivity index (χ0n) is 8.25. The summed E-state index contributed by atoms with van der Waals surface area (Å²) in [6, 6.07) is 6.53. The zero-order valence-corrected chi connectivity index (χ0v) is 8.25. The number of halogens is 2. The molecule has 0 aliphatic heterocycles. The smallest absolute Gasteiger partial charge is 0.254 e. The van der Waals surface area contributed by atoms with Crippen molar-refractivity contribution in [1.29, 1.82) is 0 Å². The molecule has 3 heteroatoms. The average molecular weight is 210 g/mol. The van der Waals surface area contributed by atoms with Crippen molar-refractivity contribution in [3.05, 3.63) is 35.4 Å². The SMILES string of the molecule is O=Cc1cccc(C2CCCC2(F)F)c1. The molecule has 0 aromatic heterocycles. The molecular weight excluding hydrogens is 198 g/mol. The molecule has 0 bridgehead atoms. The van der Waals surface area contributed by atoms with Gasteiger partial charge in [0, 0.05) is 17.9 Å². The van der Waals surface area contributed by atoms with Crippen molar-refractivity contribution in [1.82, 2.24) is 0 Å². The number of rotatable bonds is 2. The lowest BCUT2D eigenvalue weighted by molar-refractivity contribution is -0.00897. The summed E-state index contributed by atoms with van der Waals surface area (Å²) >= 11 is 0. The van der Waals surface area contributed by atoms with Gasteiger partial charge in [-0.2, -0.15) is 0 Å². The van der Waals surface area contributed by atoms with Gasteiger partial charge in [-0.15, -0.1) is 0 Å². The second-order valence-corrected chi connectivity index (χ2v) is 3.99. The summed E-state index contributed by atoms with van der Waals surface area (Å²) in [7, 11) is 0. The van der Waals surface area contributed by atoms with Gasteiger partial charge in [0.2, 0.25) is 0 Å². The molecule has 1 saturated carbocycles. The molecule has 0 radical (unpaired) electrons. The topological polar surface area (TPSA) is 17.1 Å². The van der Waals surface area contributed by atoms with Crippen LogP contribution in [0.5, 0.6) is 0 Å². The molecular formula is C12H12F2O. The van der Waals surface area contributed by atoms with Crippen molar-refractivity contribution in [3.8, 4) is 0 Å². The van der Waals surface area contributed by atoms with Crippen LogP contribution in [0.3, 0.4) is 0 Å². The normalized spacial score (nSPS) is 24.0. The molecule has 1 aliphatic rings. The Kier molecular flexibility index (Phi) is 2.55. The summed E-state index contributed by atoms with van der Waals surface area (Å²) in [4.78, 5) is 10.5. The Morgan fingerprint density at radius 2 is 2.20 bits per heavy atom. The highest BCUT2D eigenvalue weighted by Gasteiger charge is 2.44. The van der Waals surface area contributed by atoms with Gasteiger partial charge in [-0.25, -0.2) is 8.78 Å². The highest BCUT2D eigenvalue weighted by molar-refractivity contribution is 5.75. The highest BCUT2D eigenvalue weighted by Crippen LogP contribution is 2.46. The Labute approximate surface area is 87.1 Å². The second kappa shape index (κ2) is 3.72. The quantitative estimate of drug-likeness (QED) is 0.684. The van der Waals surface area contributed by atoms with Gasteiger partial charge in [0.15, 0.2) is 0 Å². The van der Waals surface area contributed by atoms with Gasteiger partial charge in [-0.1, -0.05) is 18.2 Å². The van der Waals surface area contributed by atoms with E-state index in [9.17, 15) is 13.6 Å². The maximum absolute atomic E-state index is 13.4. The van der Waals surface area contributed by atoms with Crippen LogP contribution in [-0.4, -0.2) is 12.2 Å². The summed E-state index contributed by atoms with van der Waals surface area (Å²) in [5.41, 5.74) is 1.05. The summed E-state index contributed by atoms with van der Waals surface area (Å²) < 4.78 is 26.9. The van der Waals surface area contributed by atoms with Gasteiger partial charge in [-0.3, -0.25) is 4.79 Å². The van der Waals surface area contributed by atoms with Crippen LogP contribution in [-0.2, 0) is 0 Å². The molecule has 2 rings (SSSR count). The Balaban J connectivity index is 2.32. The molecule has 1 fully saturated rings. The van der Waals surface area contributed by atoms with Crippen LogP contribution < -0.4 is 0 Å². The van der Waals surface area contributed by atoms with Gasteiger partial charge in [0.05, 0.1) is 0 Å². The molecule has 80 valence electrons. The number of carbonyl (C=O) groups excluding carboxylic acids is 1. The lowest BCUT2D eigenvalue weighted by Crippen LogP contribution is -2.19. The zero-order chi connectivity index (χ0) is 10.9. The molecule has 0 N–H and O–H groups in total. The fourth-order valence-electron chi connectivity index (χ4n) is 2.19. The predicted molar refractivity (Wildman–Crippen MR) is 53.4 cm³/mol. The number of alkyl halides is 2. The molecule has 1 nitrogen and oxygen atoms in total. The fourth-order valence-corrected chi connectivity index (χ4v) is 2.19. The van der Waals surface area contributed by atoms with E-state index in [0.29, 0.717) is 30.3 Å². The van der Waals surface area contributed by atoms with Crippen molar-refractivity contribution in [2.45, 2.75) is 31.1 Å². The molecule has 0 saturated heterocycles. The second-order valence-electron chi connectivity index (χ2n) is 3.99. The molecule has 1 unspecified atom stereocenters. The molecule has 1 aliphatic carbocycles. The summed E-state index contributed by atoms with van der Waals surface area (Å²) in [6.45, 7) is 0. The molecule has 0 amide bonds. The lowest BCUT2D eigenvalue weighted by atomic mass is 9.94. The first-order valence-electron chi connectivity index (χ1n) is 5.06. The number of carbonyl (C=O) groups is 1. The van der Waals surface area contributed by atoms with Crippen molar-refractivity contribution in [2.24, 2.45) is 0 Å². The van der Waals surface area contributed by atoms with E-state index in [1.165, 1.54) is 0 Å². The van der Waals surface area contributed by atoms with Crippen LogP contribution in [0.2, 0.25) is 0 Å². The van der Waals surface area contributed by atoms with Crippen molar-refractivity contribution in [2.75, 3.05) is 0 Å². The lowest BCUT2D eigenvalue weighted by Gasteiger charge is -2.19. The number of aldehydes is 1. The molecule has 0 heterocycles. The van der Waals surface area contributed by atoms with Crippen LogP contribution in [0, 0.1) is 0 Å². The Bertz CT molecular complexity index is 374. The van der Waals surface area contributed by atoms with Gasteiger partial charge >= 0.3 is 0 Å². The van der Waals surface area contributed by atoms with E-state index in [-0.39, 0.29) is 6.42 Å². The third-order valence-electron chi connectivity index (χ3n) is 2.96. The van der Waals surface area contributed by atoms with Crippen LogP contribution in [0.4, 0.5) is 8.78 Å². The molecule has 15 heavy (non-hydrogen) atoms. The fraction of sp³-hybridized carbons (Fsp3) is 0.417. The first-order valence-corrected chi connectivity index (χ1v) is 5.06. The summed E-state index contributed by atoms with van der Waals surface area (Å²) in [5.74, 6) is -3.32. The minimum absolute atomic E-state index is 0.0387. The third-order valence-corrected chi connectivity index (χ3v) is 2.96. The molecule has 1 atom stereocenters. The number of hydrogen-bond acceptors (Lipinski definition) is 1. The largest absolute Gasteiger partial charge is 0.298 e. The van der Waals surface area contributed by atoms with E-state index in [2.05, 4.69) is 0 Å². The maximum Gasteiger partial charge on any atom is 0.254 e. The van der Waals surface area contributed by atoms with E-state index in [1.807, 2.05) is 0 Å². The third kappa shape index (κ3) is 1.91. The van der Waals surface area contributed by atoms with Gasteiger partial charge in [-0.05, 0) is 24.5 Å². The van der Waals surface area contributed by atoms with E-state index >= 15 is 0 Å². The predicted octanol–water partition coefficient (Wildman–Crippen LogP) is 3.40. The Morgan fingerprint density at radius 1 is 1.40 bits per heavy atom. The standard InChI is InChI=1S/C12H12F2O/c13-12(14)6-2-5-11(12)10-4-1-3-9(7-10)8-15/h1,3-4,7-8,11H,2,5-6H2. The summed E-state index contributed by atoms with van der Waals surface area (Å²) in [5, 5.41) is 0. The van der Waals surface area contributed by atoms with Gasteiger partial charge in [0.1, 0.15) is 6.29 Å². The van der Waals surface area contributed by atoms with Gasteiger partial charge in [0.25, 0.3) is 5.92 Å². The minimum atomic E-state index is -2.61. The van der Waals surface area contributed by atoms with Gasteiger partial charge < -0.3 is 0 Å². The van der Waals surface area contributed by atoms with Crippen molar-refractivity contribution in [3.63, 3.8) is 0 Å². The van der Waals surface area contributed by atoms with Crippen LogP contribution >= 0.6 is 0 Å². The first-order chi connectivity index (χ1) is 7.13.